The van der Waals surface area contributed by atoms with Crippen molar-refractivity contribution in [2.75, 3.05) is 18.7 Å². The van der Waals surface area contributed by atoms with Crippen LogP contribution in [0.25, 0.3) is 11.3 Å². The first-order valence-corrected chi connectivity index (χ1v) is 10.3. The number of benzene rings is 2. The number of hydrogen-bond acceptors (Lipinski definition) is 8. The normalized spacial score (nSPS) is 14.8. The van der Waals surface area contributed by atoms with E-state index in [4.69, 9.17) is 9.47 Å². The lowest BCUT2D eigenvalue weighted by molar-refractivity contribution is 0.0600. The maximum atomic E-state index is 11.7. The molecule has 1 atom stereocenters. The number of ether oxygens (including phenoxy) is 2. The van der Waals surface area contributed by atoms with Crippen molar-refractivity contribution in [1.29, 1.82) is 0 Å². The number of hydrogen-bond donors (Lipinski definition) is 1. The van der Waals surface area contributed by atoms with Crippen LogP contribution in [-0.2, 0) is 4.74 Å². The summed E-state index contributed by atoms with van der Waals surface area (Å²) in [7, 11) is 1.36. The molecule has 0 aliphatic carbocycles. The molecule has 1 N–H and O–H groups in total. The lowest BCUT2D eigenvalue weighted by Gasteiger charge is -2.19. The molecule has 4 rings (SSSR count). The van der Waals surface area contributed by atoms with E-state index in [0.717, 1.165) is 21.3 Å². The fraction of sp³-hybridized carbons (Fsp3) is 0.158. The minimum absolute atomic E-state index is 0.386. The molecule has 2 heterocycles. The zero-order chi connectivity index (χ0) is 19.7. The van der Waals surface area contributed by atoms with Gasteiger partial charge in [-0.1, -0.05) is 39.8 Å². The summed E-state index contributed by atoms with van der Waals surface area (Å²) in [5.74, 6) is 0.00846. The first kappa shape index (κ1) is 18.7. The summed E-state index contributed by atoms with van der Waals surface area (Å²) in [6.45, 7) is 0. The number of methoxy groups -OCH3 is 1. The Morgan fingerprint density at radius 1 is 1.21 bits per heavy atom. The molecular formula is C19H15BrN4O3S. The van der Waals surface area contributed by atoms with Crippen molar-refractivity contribution in [3.8, 4) is 17.1 Å². The number of halogens is 1. The highest BCUT2D eigenvalue weighted by molar-refractivity contribution is 9.10. The SMILES string of the molecule is COC(=O)c1ccc([C@@H]2Nc3ccc(Br)cc3-c3nnc(SC)nc3O2)cc1. The van der Waals surface area contributed by atoms with E-state index in [0.29, 0.717) is 22.3 Å². The number of nitrogens with zero attached hydrogens (tertiary/aromatic N) is 3. The number of carbonyl (C=O) groups is 1. The van der Waals surface area contributed by atoms with Crippen LogP contribution in [0.2, 0.25) is 0 Å². The van der Waals surface area contributed by atoms with Crippen molar-refractivity contribution in [3.05, 3.63) is 58.1 Å². The summed E-state index contributed by atoms with van der Waals surface area (Å²) in [6.07, 6.45) is 1.37. The van der Waals surface area contributed by atoms with E-state index in [9.17, 15) is 4.79 Å². The molecule has 0 spiro atoms. The summed E-state index contributed by atoms with van der Waals surface area (Å²) in [4.78, 5) is 16.2. The van der Waals surface area contributed by atoms with Crippen molar-refractivity contribution in [1.82, 2.24) is 15.2 Å². The average molecular weight is 459 g/mol. The van der Waals surface area contributed by atoms with Gasteiger partial charge in [-0.2, -0.15) is 4.98 Å². The van der Waals surface area contributed by atoms with Gasteiger partial charge >= 0.3 is 5.97 Å². The Bertz CT molecular complexity index is 1050. The van der Waals surface area contributed by atoms with Gasteiger partial charge in [0.25, 0.3) is 0 Å². The number of rotatable bonds is 3. The predicted octanol–water partition coefficient (Wildman–Crippen LogP) is 4.31. The molecule has 1 aliphatic heterocycles. The van der Waals surface area contributed by atoms with Gasteiger partial charge in [0.05, 0.1) is 12.7 Å². The first-order chi connectivity index (χ1) is 13.6. The summed E-state index contributed by atoms with van der Waals surface area (Å²) in [6, 6.07) is 12.9. The molecule has 0 bridgehead atoms. The predicted molar refractivity (Wildman–Crippen MR) is 110 cm³/mol. The fourth-order valence-corrected chi connectivity index (χ4v) is 3.48. The number of anilines is 1. The minimum Gasteiger partial charge on any atom is -0.465 e. The van der Waals surface area contributed by atoms with Crippen LogP contribution in [-0.4, -0.2) is 34.5 Å². The zero-order valence-corrected chi connectivity index (χ0v) is 17.4. The second-order valence-electron chi connectivity index (χ2n) is 5.90. The van der Waals surface area contributed by atoms with E-state index in [1.165, 1.54) is 18.9 Å². The molecule has 0 saturated carbocycles. The molecule has 0 amide bonds. The minimum atomic E-state index is -0.515. The number of esters is 1. The summed E-state index contributed by atoms with van der Waals surface area (Å²) < 4.78 is 11.8. The summed E-state index contributed by atoms with van der Waals surface area (Å²) in [5, 5.41) is 12.4. The monoisotopic (exact) mass is 458 g/mol. The Balaban J connectivity index is 1.78. The van der Waals surface area contributed by atoms with Crippen LogP contribution >= 0.6 is 27.7 Å². The highest BCUT2D eigenvalue weighted by Crippen LogP contribution is 2.40. The molecule has 3 aromatic rings. The Labute approximate surface area is 174 Å². The highest BCUT2D eigenvalue weighted by atomic mass is 79.9. The lowest BCUT2D eigenvalue weighted by atomic mass is 10.1. The number of fused-ring (bicyclic) bond motifs is 3. The van der Waals surface area contributed by atoms with E-state index in [-0.39, 0.29) is 5.97 Å². The van der Waals surface area contributed by atoms with Crippen LogP contribution in [0, 0.1) is 0 Å². The molecule has 1 aromatic heterocycles. The van der Waals surface area contributed by atoms with E-state index in [1.54, 1.807) is 12.1 Å². The molecule has 0 unspecified atom stereocenters. The van der Waals surface area contributed by atoms with Gasteiger partial charge in [-0.25, -0.2) is 4.79 Å². The van der Waals surface area contributed by atoms with Gasteiger partial charge in [0.15, 0.2) is 11.9 Å². The van der Waals surface area contributed by atoms with Crippen molar-refractivity contribution < 1.29 is 14.3 Å². The third-order valence-corrected chi connectivity index (χ3v) is 5.24. The Morgan fingerprint density at radius 2 is 2.00 bits per heavy atom. The molecule has 0 saturated heterocycles. The number of carbonyl (C=O) groups excluding carboxylic acids is 1. The fourth-order valence-electron chi connectivity index (χ4n) is 2.82. The van der Waals surface area contributed by atoms with E-state index >= 15 is 0 Å². The maximum absolute atomic E-state index is 11.7. The van der Waals surface area contributed by atoms with E-state index in [2.05, 4.69) is 36.4 Å². The third-order valence-electron chi connectivity index (χ3n) is 4.21. The Kier molecular flexibility index (Phi) is 5.19. The van der Waals surface area contributed by atoms with Crippen LogP contribution in [0.5, 0.6) is 5.88 Å². The second-order valence-corrected chi connectivity index (χ2v) is 7.59. The molecule has 0 radical (unpaired) electrons. The van der Waals surface area contributed by atoms with Gasteiger partial charge in [-0.3, -0.25) is 0 Å². The largest absolute Gasteiger partial charge is 0.465 e. The van der Waals surface area contributed by atoms with Crippen LogP contribution in [0.4, 0.5) is 5.69 Å². The molecule has 9 heteroatoms. The van der Waals surface area contributed by atoms with Crippen molar-refractivity contribution in [3.63, 3.8) is 0 Å². The standard InChI is InChI=1S/C19H15BrN4O3S/c1-26-18(25)11-5-3-10(4-6-11)16-21-14-8-7-12(20)9-13(14)15-17(27-16)22-19(28-2)24-23-15/h3-9,16,21H,1-2H3/t16-/m1/s1. The van der Waals surface area contributed by atoms with Crippen LogP contribution in [0.15, 0.2) is 52.1 Å². The molecule has 0 fully saturated rings. The van der Waals surface area contributed by atoms with Gasteiger partial charge in [-0.15, -0.1) is 10.2 Å². The lowest BCUT2D eigenvalue weighted by Crippen LogP contribution is -2.17. The van der Waals surface area contributed by atoms with Crippen molar-refractivity contribution in [2.45, 2.75) is 11.4 Å². The average Bonchev–Trinajstić information content (AvgIpc) is 2.89. The smallest absolute Gasteiger partial charge is 0.337 e. The number of aromatic nitrogens is 3. The van der Waals surface area contributed by atoms with Crippen LogP contribution in [0.1, 0.15) is 22.1 Å². The van der Waals surface area contributed by atoms with E-state index in [1.807, 2.05) is 36.6 Å². The topological polar surface area (TPSA) is 86.2 Å². The van der Waals surface area contributed by atoms with E-state index < -0.39 is 6.23 Å². The molecule has 142 valence electrons. The Morgan fingerprint density at radius 3 is 2.71 bits per heavy atom. The van der Waals surface area contributed by atoms with Gasteiger partial charge in [0.2, 0.25) is 11.0 Å². The zero-order valence-electron chi connectivity index (χ0n) is 15.0. The quantitative estimate of drug-likeness (QED) is 0.458. The third kappa shape index (κ3) is 3.55. The Hall–Kier alpha value is -2.65. The van der Waals surface area contributed by atoms with Crippen LogP contribution in [0.3, 0.4) is 0 Å². The van der Waals surface area contributed by atoms with Crippen molar-refractivity contribution in [2.24, 2.45) is 0 Å². The molecular weight excluding hydrogens is 444 g/mol. The maximum Gasteiger partial charge on any atom is 0.337 e. The number of nitrogens with one attached hydrogen (secondary N) is 1. The highest BCUT2D eigenvalue weighted by Gasteiger charge is 2.26. The molecule has 28 heavy (non-hydrogen) atoms. The van der Waals surface area contributed by atoms with Gasteiger partial charge in [-0.05, 0) is 36.6 Å². The van der Waals surface area contributed by atoms with Gasteiger partial charge < -0.3 is 14.8 Å². The van der Waals surface area contributed by atoms with Gasteiger partial charge in [0, 0.05) is 21.3 Å². The molecule has 2 aromatic carbocycles. The number of thioether (sulfide) groups is 1. The van der Waals surface area contributed by atoms with Gasteiger partial charge in [0.1, 0.15) is 0 Å². The van der Waals surface area contributed by atoms with Crippen molar-refractivity contribution >= 4 is 39.3 Å². The van der Waals surface area contributed by atoms with Crippen LogP contribution < -0.4 is 10.1 Å². The second kappa shape index (κ2) is 7.76. The molecule has 7 nitrogen and oxygen atoms in total. The summed E-state index contributed by atoms with van der Waals surface area (Å²) in [5.41, 5.74) is 3.55. The summed E-state index contributed by atoms with van der Waals surface area (Å²) >= 11 is 4.89. The first-order valence-electron chi connectivity index (χ1n) is 8.29. The molecule has 1 aliphatic rings.